The maximum atomic E-state index is 12.1. The Labute approximate surface area is 157 Å². The van der Waals surface area contributed by atoms with Gasteiger partial charge in [-0.2, -0.15) is 5.26 Å². The second kappa shape index (κ2) is 7.25. The molecular formula is C17H21N7OS. The number of nitriles is 1. The lowest BCUT2D eigenvalue weighted by Gasteiger charge is -2.42. The highest BCUT2D eigenvalue weighted by atomic mass is 32.1. The van der Waals surface area contributed by atoms with Crippen molar-refractivity contribution in [1.82, 2.24) is 19.4 Å². The molecule has 0 saturated carbocycles. The lowest BCUT2D eigenvalue weighted by atomic mass is 9.92. The van der Waals surface area contributed by atoms with Gasteiger partial charge < -0.3 is 15.5 Å². The molecule has 0 unspecified atom stereocenters. The van der Waals surface area contributed by atoms with Crippen LogP contribution in [-0.2, 0) is 4.79 Å². The number of likely N-dealkylation sites (N-methyl/N-ethyl adjacent to an activating group) is 1. The molecule has 1 aliphatic rings. The average molecular weight is 371 g/mol. The second-order valence-electron chi connectivity index (χ2n) is 6.58. The van der Waals surface area contributed by atoms with E-state index in [4.69, 9.17) is 23.2 Å². The van der Waals surface area contributed by atoms with Crippen LogP contribution in [0.1, 0.15) is 19.8 Å². The summed E-state index contributed by atoms with van der Waals surface area (Å²) in [5, 5.41) is 9.88. The molecule has 2 aromatic rings. The van der Waals surface area contributed by atoms with Gasteiger partial charge in [-0.05, 0) is 30.6 Å². The first-order valence-electron chi connectivity index (χ1n) is 8.43. The van der Waals surface area contributed by atoms with E-state index in [1.165, 1.54) is 6.33 Å². The molecule has 3 heterocycles. The van der Waals surface area contributed by atoms with E-state index in [-0.39, 0.29) is 23.5 Å². The van der Waals surface area contributed by atoms with Crippen LogP contribution in [0, 0.1) is 17.2 Å². The smallest absolute Gasteiger partial charge is 0.236 e. The van der Waals surface area contributed by atoms with Crippen LogP contribution >= 0.6 is 12.2 Å². The normalized spacial score (nSPS) is 20.0. The minimum atomic E-state index is -0.120. The number of likely N-dealkylation sites (tertiary alicyclic amines) is 1. The number of aromatic nitrogens is 3. The van der Waals surface area contributed by atoms with Crippen molar-refractivity contribution in [1.29, 1.82) is 5.26 Å². The van der Waals surface area contributed by atoms with Crippen molar-refractivity contribution in [3.05, 3.63) is 18.6 Å². The molecule has 1 amide bonds. The van der Waals surface area contributed by atoms with E-state index >= 15 is 0 Å². The van der Waals surface area contributed by atoms with Gasteiger partial charge >= 0.3 is 0 Å². The van der Waals surface area contributed by atoms with Crippen molar-refractivity contribution in [2.24, 2.45) is 11.7 Å². The predicted octanol–water partition coefficient (Wildman–Crippen LogP) is 1.11. The van der Waals surface area contributed by atoms with Gasteiger partial charge in [-0.1, -0.05) is 6.92 Å². The first-order valence-corrected chi connectivity index (χ1v) is 8.84. The Morgan fingerprint density at radius 3 is 3.00 bits per heavy atom. The van der Waals surface area contributed by atoms with Crippen molar-refractivity contribution in [3.8, 4) is 6.07 Å². The van der Waals surface area contributed by atoms with Crippen LogP contribution in [0.25, 0.3) is 11.0 Å². The van der Waals surface area contributed by atoms with E-state index in [2.05, 4.69) is 21.8 Å². The van der Waals surface area contributed by atoms with E-state index in [1.807, 2.05) is 19.2 Å². The molecule has 2 N–H and O–H groups in total. The largest absolute Gasteiger partial charge is 0.376 e. The fraction of sp³-hybridized carbons (Fsp3) is 0.471. The summed E-state index contributed by atoms with van der Waals surface area (Å²) < 4.78 is 1.65. The number of amides is 1. The van der Waals surface area contributed by atoms with Crippen LogP contribution in [0.5, 0.6) is 0 Å². The van der Waals surface area contributed by atoms with Gasteiger partial charge in [-0.25, -0.2) is 9.97 Å². The molecule has 136 valence electrons. The minimum Gasteiger partial charge on any atom is -0.376 e. The number of carbonyl (C=O) groups is 1. The highest BCUT2D eigenvalue weighted by molar-refractivity contribution is 7.80. The van der Waals surface area contributed by atoms with Crippen LogP contribution in [-0.4, -0.2) is 56.6 Å². The molecule has 0 aromatic carbocycles. The summed E-state index contributed by atoms with van der Waals surface area (Å²) in [6.07, 6.45) is 4.08. The molecule has 1 aliphatic heterocycles. The molecular weight excluding hydrogens is 350 g/mol. The number of carbonyl (C=O) groups excluding carboxylic acids is 1. The Bertz CT molecular complexity index is 887. The minimum absolute atomic E-state index is 0.0840. The highest BCUT2D eigenvalue weighted by Gasteiger charge is 2.32. The second-order valence-corrected chi connectivity index (χ2v) is 7.00. The van der Waals surface area contributed by atoms with E-state index in [1.54, 1.807) is 15.7 Å². The lowest BCUT2D eigenvalue weighted by Crippen LogP contribution is -2.52. The molecule has 0 spiro atoms. The van der Waals surface area contributed by atoms with Crippen LogP contribution < -0.4 is 10.6 Å². The molecule has 1 fully saturated rings. The molecule has 9 heteroatoms. The zero-order valence-corrected chi connectivity index (χ0v) is 15.6. The summed E-state index contributed by atoms with van der Waals surface area (Å²) in [6.45, 7) is 3.43. The van der Waals surface area contributed by atoms with Gasteiger partial charge in [-0.15, -0.1) is 0 Å². The average Bonchev–Trinajstić information content (AvgIpc) is 3.06. The lowest BCUT2D eigenvalue weighted by molar-refractivity contribution is -0.131. The number of piperidine rings is 1. The van der Waals surface area contributed by atoms with Crippen molar-refractivity contribution >= 4 is 40.1 Å². The monoisotopic (exact) mass is 371 g/mol. The number of fused-ring (bicyclic) bond motifs is 1. The summed E-state index contributed by atoms with van der Waals surface area (Å²) >= 11 is 5.06. The maximum Gasteiger partial charge on any atom is 0.236 e. The third-order valence-electron chi connectivity index (χ3n) is 5.03. The maximum absolute atomic E-state index is 12.1. The van der Waals surface area contributed by atoms with Crippen LogP contribution in [0.4, 0.5) is 5.82 Å². The Morgan fingerprint density at radius 2 is 2.31 bits per heavy atom. The molecule has 0 bridgehead atoms. The van der Waals surface area contributed by atoms with Gasteiger partial charge in [0.1, 0.15) is 18.6 Å². The highest BCUT2D eigenvalue weighted by Crippen LogP contribution is 2.29. The molecule has 8 nitrogen and oxygen atoms in total. The fourth-order valence-electron chi connectivity index (χ4n) is 3.51. The Morgan fingerprint density at radius 1 is 1.54 bits per heavy atom. The van der Waals surface area contributed by atoms with E-state index in [0.29, 0.717) is 24.7 Å². The summed E-state index contributed by atoms with van der Waals surface area (Å²) in [6, 6.07) is 3.93. The first kappa shape index (κ1) is 18.1. The molecule has 0 radical (unpaired) electrons. The summed E-state index contributed by atoms with van der Waals surface area (Å²) in [5.41, 5.74) is 6.41. The quantitative estimate of drug-likeness (QED) is 0.806. The van der Waals surface area contributed by atoms with Crippen LogP contribution in [0.2, 0.25) is 0 Å². The third kappa shape index (κ3) is 3.20. The van der Waals surface area contributed by atoms with Crippen molar-refractivity contribution in [2.45, 2.75) is 25.8 Å². The number of hydrogen-bond acceptors (Lipinski definition) is 6. The Kier molecular flexibility index (Phi) is 5.04. The number of anilines is 1. The zero-order valence-electron chi connectivity index (χ0n) is 14.8. The van der Waals surface area contributed by atoms with Gasteiger partial charge in [0.15, 0.2) is 10.8 Å². The molecule has 2 aromatic heterocycles. The Hall–Kier alpha value is -2.73. The number of hydrogen-bond donors (Lipinski definition) is 1. The van der Waals surface area contributed by atoms with Crippen molar-refractivity contribution < 1.29 is 4.79 Å². The molecule has 0 aliphatic carbocycles. The fourth-order valence-corrected chi connectivity index (χ4v) is 3.66. The van der Waals surface area contributed by atoms with Gasteiger partial charge in [-0.3, -0.25) is 9.36 Å². The predicted molar refractivity (Wildman–Crippen MR) is 102 cm³/mol. The molecule has 26 heavy (non-hydrogen) atoms. The van der Waals surface area contributed by atoms with E-state index in [9.17, 15) is 4.79 Å². The first-order chi connectivity index (χ1) is 12.4. The number of nitrogens with zero attached hydrogens (tertiary/aromatic N) is 6. The topological polar surface area (TPSA) is 104 Å². The van der Waals surface area contributed by atoms with Crippen LogP contribution in [0.15, 0.2) is 18.6 Å². The third-order valence-corrected chi connectivity index (χ3v) is 5.23. The summed E-state index contributed by atoms with van der Waals surface area (Å²) in [7, 11) is 1.97. The van der Waals surface area contributed by atoms with Crippen LogP contribution in [0.3, 0.4) is 0 Å². The number of thiocarbonyl (C=S) groups is 1. The van der Waals surface area contributed by atoms with Crippen molar-refractivity contribution in [3.63, 3.8) is 0 Å². The SMILES string of the molecule is C[C@@H]1CCN(C(=O)CC#N)C[C@@H]1N(C)c1ncnc2c1ccn2C(N)=S. The molecule has 1 saturated heterocycles. The number of rotatable bonds is 3. The molecule has 3 rings (SSSR count). The van der Waals surface area contributed by atoms with Gasteiger partial charge in [0.25, 0.3) is 0 Å². The van der Waals surface area contributed by atoms with Gasteiger partial charge in [0.2, 0.25) is 5.91 Å². The zero-order chi connectivity index (χ0) is 18.8. The summed E-state index contributed by atoms with van der Waals surface area (Å²) in [5.74, 6) is 1.04. The standard InChI is InChI=1S/C17H21N7OS/c1-11-4-7-23(14(25)3-6-18)9-13(11)22(2)15-12-5-8-24(17(19)26)16(12)21-10-20-15/h5,8,10-11,13H,3-4,7,9H2,1-2H3,(H2,19,26)/t11-,13+/m1/s1. The number of nitrogens with two attached hydrogens (primary N) is 1. The van der Waals surface area contributed by atoms with Crippen molar-refractivity contribution in [2.75, 3.05) is 25.0 Å². The van der Waals surface area contributed by atoms with E-state index in [0.717, 1.165) is 17.6 Å². The van der Waals surface area contributed by atoms with E-state index < -0.39 is 0 Å². The molecule has 2 atom stereocenters. The Balaban J connectivity index is 1.91. The summed E-state index contributed by atoms with van der Waals surface area (Å²) in [4.78, 5) is 24.7. The van der Waals surface area contributed by atoms with Gasteiger partial charge in [0, 0.05) is 26.3 Å². The van der Waals surface area contributed by atoms with Gasteiger partial charge in [0.05, 0.1) is 17.5 Å².